The summed E-state index contributed by atoms with van der Waals surface area (Å²) in [4.78, 5) is 5.24. The summed E-state index contributed by atoms with van der Waals surface area (Å²) in [6.45, 7) is 16.2. The molecule has 0 bridgehead atoms. The molecule has 0 aromatic carbocycles. The number of piperazine rings is 1. The van der Waals surface area contributed by atoms with Gasteiger partial charge in [-0.1, -0.05) is 13.8 Å². The average molecular weight is 297 g/mol. The van der Waals surface area contributed by atoms with E-state index in [1.807, 2.05) is 0 Å². The third kappa shape index (κ3) is 4.19. The molecule has 0 radical (unpaired) electrons. The molecule has 1 saturated carbocycles. The van der Waals surface area contributed by atoms with Crippen LogP contribution in [0.5, 0.6) is 0 Å². The molecule has 0 spiro atoms. The molecular formula is C17H35N3O. The van der Waals surface area contributed by atoms with Gasteiger partial charge in [0.25, 0.3) is 0 Å². The van der Waals surface area contributed by atoms with E-state index in [4.69, 9.17) is 0 Å². The molecule has 124 valence electrons. The Kier molecular flexibility index (Phi) is 5.35. The van der Waals surface area contributed by atoms with Crippen molar-refractivity contribution in [3.63, 3.8) is 0 Å². The molecule has 2 aliphatic rings. The summed E-state index contributed by atoms with van der Waals surface area (Å²) < 4.78 is 0. The van der Waals surface area contributed by atoms with Gasteiger partial charge in [-0.3, -0.25) is 9.80 Å². The lowest BCUT2D eigenvalue weighted by atomic mass is 9.97. The largest absolute Gasteiger partial charge is 0.394 e. The zero-order chi connectivity index (χ0) is 15.7. The molecule has 1 heterocycles. The number of hydrogen-bond donors (Lipinski definition) is 2. The molecule has 2 fully saturated rings. The highest BCUT2D eigenvalue weighted by Gasteiger charge is 2.42. The van der Waals surface area contributed by atoms with Crippen molar-refractivity contribution in [2.75, 3.05) is 32.8 Å². The molecule has 1 aliphatic carbocycles. The van der Waals surface area contributed by atoms with Crippen LogP contribution in [0.2, 0.25) is 0 Å². The van der Waals surface area contributed by atoms with Gasteiger partial charge in [-0.25, -0.2) is 0 Å². The number of hydrogen-bond acceptors (Lipinski definition) is 4. The van der Waals surface area contributed by atoms with Crippen LogP contribution in [0.3, 0.4) is 0 Å². The van der Waals surface area contributed by atoms with E-state index in [0.29, 0.717) is 12.1 Å². The fourth-order valence-corrected chi connectivity index (χ4v) is 4.10. The van der Waals surface area contributed by atoms with Crippen molar-refractivity contribution in [2.45, 2.75) is 77.0 Å². The first-order valence-electron chi connectivity index (χ1n) is 8.63. The maximum Gasteiger partial charge on any atom is 0.0614 e. The molecule has 2 atom stereocenters. The minimum absolute atomic E-state index is 0.0417. The summed E-state index contributed by atoms with van der Waals surface area (Å²) in [6.07, 6.45) is 3.42. The van der Waals surface area contributed by atoms with E-state index in [2.05, 4.69) is 49.7 Å². The summed E-state index contributed by atoms with van der Waals surface area (Å²) in [5.74, 6) is 0. The first-order valence-corrected chi connectivity index (χ1v) is 8.63. The van der Waals surface area contributed by atoms with Crippen LogP contribution < -0.4 is 5.32 Å². The molecular weight excluding hydrogens is 262 g/mol. The van der Waals surface area contributed by atoms with E-state index in [-0.39, 0.29) is 17.7 Å². The zero-order valence-electron chi connectivity index (χ0n) is 14.7. The Morgan fingerprint density at radius 1 is 1.19 bits per heavy atom. The number of nitrogens with one attached hydrogen (secondary N) is 1. The fourth-order valence-electron chi connectivity index (χ4n) is 4.10. The first kappa shape index (κ1) is 17.2. The van der Waals surface area contributed by atoms with Gasteiger partial charge in [0, 0.05) is 49.3 Å². The molecule has 0 aromatic heterocycles. The Labute approximate surface area is 130 Å². The Morgan fingerprint density at radius 3 is 2.29 bits per heavy atom. The summed E-state index contributed by atoms with van der Waals surface area (Å²) in [6, 6.07) is 1.08. The lowest BCUT2D eigenvalue weighted by Gasteiger charge is -2.44. The number of rotatable bonds is 4. The molecule has 1 aliphatic heterocycles. The van der Waals surface area contributed by atoms with Crippen LogP contribution >= 0.6 is 0 Å². The predicted octanol–water partition coefficient (Wildman–Crippen LogP) is 1.68. The minimum Gasteiger partial charge on any atom is -0.394 e. The molecule has 21 heavy (non-hydrogen) atoms. The van der Waals surface area contributed by atoms with Crippen molar-refractivity contribution in [1.82, 2.24) is 15.1 Å². The topological polar surface area (TPSA) is 38.7 Å². The van der Waals surface area contributed by atoms with Gasteiger partial charge in [-0.05, 0) is 40.0 Å². The van der Waals surface area contributed by atoms with E-state index >= 15 is 0 Å². The highest BCUT2D eigenvalue weighted by Crippen LogP contribution is 2.34. The van der Waals surface area contributed by atoms with Crippen LogP contribution in [-0.4, -0.2) is 70.9 Å². The van der Waals surface area contributed by atoms with Gasteiger partial charge in [0.05, 0.1) is 6.61 Å². The van der Waals surface area contributed by atoms with Gasteiger partial charge in [0.1, 0.15) is 0 Å². The van der Waals surface area contributed by atoms with Crippen LogP contribution in [-0.2, 0) is 0 Å². The zero-order valence-corrected chi connectivity index (χ0v) is 14.7. The van der Waals surface area contributed by atoms with Crippen molar-refractivity contribution >= 4 is 0 Å². The second-order valence-electron chi connectivity index (χ2n) is 8.33. The van der Waals surface area contributed by atoms with Crippen LogP contribution in [0.4, 0.5) is 0 Å². The van der Waals surface area contributed by atoms with Crippen LogP contribution in [0, 0.1) is 0 Å². The van der Waals surface area contributed by atoms with Gasteiger partial charge in [0.2, 0.25) is 0 Å². The van der Waals surface area contributed by atoms with Crippen molar-refractivity contribution in [2.24, 2.45) is 0 Å². The highest BCUT2D eigenvalue weighted by atomic mass is 16.3. The SMILES string of the molecule is CC(C)NC1(CO)CCC(N2CCN(C(C)(C)C)CC2)C1. The van der Waals surface area contributed by atoms with Crippen LogP contribution in [0.15, 0.2) is 0 Å². The maximum absolute atomic E-state index is 9.84. The van der Waals surface area contributed by atoms with E-state index in [1.165, 1.54) is 32.6 Å². The summed E-state index contributed by atoms with van der Waals surface area (Å²) in [5.41, 5.74) is 0.246. The van der Waals surface area contributed by atoms with Crippen molar-refractivity contribution in [1.29, 1.82) is 0 Å². The molecule has 2 unspecified atom stereocenters. The Morgan fingerprint density at radius 2 is 1.81 bits per heavy atom. The normalized spacial score (nSPS) is 33.0. The summed E-state index contributed by atoms with van der Waals surface area (Å²) >= 11 is 0. The first-order chi connectivity index (χ1) is 9.76. The van der Waals surface area contributed by atoms with E-state index < -0.39 is 0 Å². The number of aliphatic hydroxyl groups is 1. The summed E-state index contributed by atoms with van der Waals surface area (Å²) in [7, 11) is 0. The highest BCUT2D eigenvalue weighted by molar-refractivity contribution is 5.01. The molecule has 2 N–H and O–H groups in total. The Bertz CT molecular complexity index is 331. The van der Waals surface area contributed by atoms with Crippen molar-refractivity contribution in [3.05, 3.63) is 0 Å². The molecule has 1 saturated heterocycles. The Hall–Kier alpha value is -0.160. The molecule has 0 amide bonds. The van der Waals surface area contributed by atoms with Gasteiger partial charge in [-0.2, -0.15) is 0 Å². The second-order valence-corrected chi connectivity index (χ2v) is 8.33. The average Bonchev–Trinajstić information content (AvgIpc) is 2.82. The van der Waals surface area contributed by atoms with Crippen LogP contribution in [0.1, 0.15) is 53.9 Å². The third-order valence-corrected chi connectivity index (χ3v) is 5.26. The lowest BCUT2D eigenvalue weighted by Crippen LogP contribution is -2.56. The van der Waals surface area contributed by atoms with Gasteiger partial charge >= 0.3 is 0 Å². The predicted molar refractivity (Wildman–Crippen MR) is 88.6 cm³/mol. The molecule has 2 rings (SSSR count). The fraction of sp³-hybridized carbons (Fsp3) is 1.00. The molecule has 0 aromatic rings. The lowest BCUT2D eigenvalue weighted by molar-refractivity contribution is 0.0395. The van der Waals surface area contributed by atoms with Gasteiger partial charge in [0.15, 0.2) is 0 Å². The number of nitrogens with zero attached hydrogens (tertiary/aromatic N) is 2. The molecule has 4 nitrogen and oxygen atoms in total. The van der Waals surface area contributed by atoms with Gasteiger partial charge < -0.3 is 10.4 Å². The van der Waals surface area contributed by atoms with Crippen molar-refractivity contribution in [3.8, 4) is 0 Å². The third-order valence-electron chi connectivity index (χ3n) is 5.26. The minimum atomic E-state index is -0.0417. The monoisotopic (exact) mass is 297 g/mol. The number of aliphatic hydroxyl groups excluding tert-OH is 1. The van der Waals surface area contributed by atoms with Gasteiger partial charge in [-0.15, -0.1) is 0 Å². The van der Waals surface area contributed by atoms with Crippen molar-refractivity contribution < 1.29 is 5.11 Å². The summed E-state index contributed by atoms with van der Waals surface area (Å²) in [5, 5.41) is 13.5. The second kappa shape index (κ2) is 6.53. The maximum atomic E-state index is 9.84. The quantitative estimate of drug-likeness (QED) is 0.828. The Balaban J connectivity index is 1.88. The van der Waals surface area contributed by atoms with E-state index in [9.17, 15) is 5.11 Å². The smallest absolute Gasteiger partial charge is 0.0614 e. The van der Waals surface area contributed by atoms with E-state index in [0.717, 1.165) is 12.8 Å². The van der Waals surface area contributed by atoms with E-state index in [1.54, 1.807) is 0 Å². The standard InChI is InChI=1S/C17H35N3O/c1-14(2)18-17(13-21)7-6-15(12-17)19-8-10-20(11-9-19)16(3,4)5/h14-15,18,21H,6-13H2,1-5H3. The van der Waals surface area contributed by atoms with Crippen LogP contribution in [0.25, 0.3) is 0 Å². The molecule has 4 heteroatoms.